The van der Waals surface area contributed by atoms with Crippen molar-refractivity contribution < 1.29 is 35.9 Å². The Morgan fingerprint density at radius 2 is 1.50 bits per heavy atom. The summed E-state index contributed by atoms with van der Waals surface area (Å²) in [7, 11) is 0. The molecule has 4 rings (SSSR count). The van der Waals surface area contributed by atoms with Crippen molar-refractivity contribution in [2.75, 3.05) is 32.7 Å². The summed E-state index contributed by atoms with van der Waals surface area (Å²) in [5.41, 5.74) is 3.73. The van der Waals surface area contributed by atoms with Crippen molar-refractivity contribution in [2.24, 2.45) is 5.73 Å². The standard InChI is InChI=1S/C28H30ClF6N5O2/c1-17(41)38-9-11-39(12-10-38)25(37-16-18-13-19(27(30,31)32)15-20(14-18)28(33,34)35)24(36)26(42)40-8-4-7-23(40)21-5-2-3-6-22(21)29/h2-3,5-6,13-15,23,37H,4,7-12,16,36H2,1H3/b25-24+/t23-/m1/s1. The number of carbonyl (C=O) groups is 2. The number of likely N-dealkylation sites (tertiary alicyclic amines) is 1. The van der Waals surface area contributed by atoms with E-state index < -0.39 is 35.9 Å². The summed E-state index contributed by atoms with van der Waals surface area (Å²) in [5, 5.41) is 3.33. The predicted molar refractivity (Wildman–Crippen MR) is 143 cm³/mol. The Morgan fingerprint density at radius 3 is 2.05 bits per heavy atom. The molecule has 14 heteroatoms. The molecule has 0 aromatic heterocycles. The van der Waals surface area contributed by atoms with Gasteiger partial charge in [-0.25, -0.2) is 0 Å². The molecule has 1 atom stereocenters. The quantitative estimate of drug-likeness (QED) is 0.347. The number of nitrogens with one attached hydrogen (secondary N) is 1. The molecule has 2 aliphatic heterocycles. The number of hydrogen-bond acceptors (Lipinski definition) is 5. The molecule has 2 aromatic rings. The zero-order chi connectivity index (χ0) is 30.8. The Labute approximate surface area is 243 Å². The number of nitrogens with two attached hydrogens (primary N) is 1. The van der Waals surface area contributed by atoms with Crippen molar-refractivity contribution in [1.82, 2.24) is 20.0 Å². The SMILES string of the molecule is CC(=O)N1CCN(/C(NCc2cc(C(F)(F)F)cc(C(F)(F)F)c2)=C(/N)C(=O)N2CCC[C@@H]2c2ccccc2Cl)CC1. The molecular formula is C28H30ClF6N5O2. The summed E-state index contributed by atoms with van der Waals surface area (Å²) in [6.07, 6.45) is -8.70. The second-order valence-electron chi connectivity index (χ2n) is 10.2. The number of benzene rings is 2. The van der Waals surface area contributed by atoms with Crippen LogP contribution in [0.15, 0.2) is 54.0 Å². The number of rotatable bonds is 6. The van der Waals surface area contributed by atoms with Gasteiger partial charge in [-0.2, -0.15) is 26.3 Å². The molecule has 3 N–H and O–H groups in total. The maximum absolute atomic E-state index is 13.8. The van der Waals surface area contributed by atoms with Gasteiger partial charge in [0.05, 0.1) is 17.2 Å². The first kappa shape index (κ1) is 31.3. The zero-order valence-electron chi connectivity index (χ0n) is 22.7. The van der Waals surface area contributed by atoms with Crippen LogP contribution in [-0.2, 0) is 28.5 Å². The maximum atomic E-state index is 13.8. The third-order valence-corrected chi connectivity index (χ3v) is 7.76. The van der Waals surface area contributed by atoms with Crippen LogP contribution in [0.4, 0.5) is 26.3 Å². The number of amides is 2. The van der Waals surface area contributed by atoms with Crippen LogP contribution in [0.3, 0.4) is 0 Å². The lowest BCUT2D eigenvalue weighted by atomic mass is 10.0. The number of nitrogens with zero attached hydrogens (tertiary/aromatic N) is 3. The number of piperazine rings is 1. The van der Waals surface area contributed by atoms with E-state index in [2.05, 4.69) is 5.32 Å². The van der Waals surface area contributed by atoms with E-state index in [1.165, 1.54) is 6.92 Å². The molecule has 2 saturated heterocycles. The monoisotopic (exact) mass is 617 g/mol. The molecule has 2 heterocycles. The minimum absolute atomic E-state index is 0.0569. The molecule has 2 aliphatic rings. The molecule has 0 bridgehead atoms. The maximum Gasteiger partial charge on any atom is 0.416 e. The lowest BCUT2D eigenvalue weighted by Crippen LogP contribution is -2.51. The van der Waals surface area contributed by atoms with Crippen LogP contribution < -0.4 is 11.1 Å². The van der Waals surface area contributed by atoms with Gasteiger partial charge in [0.25, 0.3) is 5.91 Å². The van der Waals surface area contributed by atoms with Gasteiger partial charge in [0, 0.05) is 51.2 Å². The summed E-state index contributed by atoms with van der Waals surface area (Å²) in [4.78, 5) is 30.4. The van der Waals surface area contributed by atoms with Gasteiger partial charge in [0.15, 0.2) is 0 Å². The summed E-state index contributed by atoms with van der Waals surface area (Å²) in [5.74, 6) is -0.631. The van der Waals surface area contributed by atoms with Crippen molar-refractivity contribution in [3.8, 4) is 0 Å². The number of carbonyl (C=O) groups excluding carboxylic acids is 2. The van der Waals surface area contributed by atoms with Gasteiger partial charge in [0.1, 0.15) is 11.5 Å². The van der Waals surface area contributed by atoms with Crippen LogP contribution in [0.2, 0.25) is 5.02 Å². The second-order valence-corrected chi connectivity index (χ2v) is 10.6. The van der Waals surface area contributed by atoms with E-state index in [9.17, 15) is 35.9 Å². The van der Waals surface area contributed by atoms with Crippen LogP contribution in [-0.4, -0.2) is 59.2 Å². The molecule has 0 spiro atoms. The second kappa shape index (κ2) is 12.3. The molecule has 2 amide bonds. The van der Waals surface area contributed by atoms with Gasteiger partial charge < -0.3 is 25.8 Å². The molecule has 2 fully saturated rings. The average molecular weight is 618 g/mol. The molecule has 42 heavy (non-hydrogen) atoms. The third kappa shape index (κ3) is 7.05. The molecule has 0 aliphatic carbocycles. The molecule has 0 radical (unpaired) electrons. The molecule has 0 unspecified atom stereocenters. The van der Waals surface area contributed by atoms with Crippen LogP contribution in [0.5, 0.6) is 0 Å². The zero-order valence-corrected chi connectivity index (χ0v) is 23.4. The summed E-state index contributed by atoms with van der Waals surface area (Å²) in [6.45, 7) is 2.36. The van der Waals surface area contributed by atoms with Crippen LogP contribution in [0.25, 0.3) is 0 Å². The van der Waals surface area contributed by atoms with Crippen molar-refractivity contribution >= 4 is 23.4 Å². The fraction of sp³-hybridized carbons (Fsp3) is 0.429. The first-order valence-electron chi connectivity index (χ1n) is 13.2. The highest BCUT2D eigenvalue weighted by molar-refractivity contribution is 6.31. The smallest absolute Gasteiger partial charge is 0.391 e. The summed E-state index contributed by atoms with van der Waals surface area (Å²) >= 11 is 6.39. The lowest BCUT2D eigenvalue weighted by molar-refractivity contribution is -0.143. The average Bonchev–Trinajstić information content (AvgIpc) is 3.41. The Kier molecular flexibility index (Phi) is 9.19. The Bertz CT molecular complexity index is 1320. The highest BCUT2D eigenvalue weighted by Crippen LogP contribution is 2.38. The Morgan fingerprint density at radius 1 is 0.929 bits per heavy atom. The van der Waals surface area contributed by atoms with Crippen molar-refractivity contribution in [3.63, 3.8) is 0 Å². The van der Waals surface area contributed by atoms with Gasteiger partial charge in [0.2, 0.25) is 5.91 Å². The van der Waals surface area contributed by atoms with E-state index in [1.807, 2.05) is 6.07 Å². The van der Waals surface area contributed by atoms with Gasteiger partial charge in [-0.3, -0.25) is 9.59 Å². The van der Waals surface area contributed by atoms with E-state index in [0.29, 0.717) is 36.5 Å². The third-order valence-electron chi connectivity index (χ3n) is 7.41. The molecule has 228 valence electrons. The molecule has 2 aromatic carbocycles. The lowest BCUT2D eigenvalue weighted by Gasteiger charge is -2.38. The van der Waals surface area contributed by atoms with Crippen molar-refractivity contribution in [1.29, 1.82) is 0 Å². The van der Waals surface area contributed by atoms with Crippen molar-refractivity contribution in [3.05, 3.63) is 81.3 Å². The first-order valence-corrected chi connectivity index (χ1v) is 13.6. The first-order chi connectivity index (χ1) is 19.7. The van der Waals surface area contributed by atoms with Gasteiger partial charge >= 0.3 is 12.4 Å². The van der Waals surface area contributed by atoms with Crippen LogP contribution in [0, 0.1) is 0 Å². The van der Waals surface area contributed by atoms with Gasteiger partial charge in [-0.05, 0) is 48.2 Å². The van der Waals surface area contributed by atoms with Crippen LogP contribution >= 0.6 is 11.6 Å². The minimum Gasteiger partial charge on any atom is -0.391 e. The highest BCUT2D eigenvalue weighted by Gasteiger charge is 2.37. The van der Waals surface area contributed by atoms with Crippen LogP contribution in [0.1, 0.15) is 48.1 Å². The Hall–Kier alpha value is -3.61. The summed E-state index contributed by atoms with van der Waals surface area (Å²) in [6, 6.07) is 8.03. The molecule has 0 saturated carbocycles. The van der Waals surface area contributed by atoms with Gasteiger partial charge in [-0.1, -0.05) is 29.8 Å². The van der Waals surface area contributed by atoms with Gasteiger partial charge in [-0.15, -0.1) is 0 Å². The minimum atomic E-state index is -5.00. The van der Waals surface area contributed by atoms with E-state index in [4.69, 9.17) is 17.3 Å². The molecule has 7 nitrogen and oxygen atoms in total. The molecular weight excluding hydrogens is 588 g/mol. The predicted octanol–water partition coefficient (Wildman–Crippen LogP) is 5.12. The van der Waals surface area contributed by atoms with Crippen molar-refractivity contribution in [2.45, 2.75) is 44.7 Å². The number of halogens is 7. The largest absolute Gasteiger partial charge is 0.416 e. The summed E-state index contributed by atoms with van der Waals surface area (Å²) < 4.78 is 80.5. The van der Waals surface area contributed by atoms with E-state index in [1.54, 1.807) is 32.9 Å². The van der Waals surface area contributed by atoms with E-state index in [-0.39, 0.29) is 61.3 Å². The topological polar surface area (TPSA) is 81.9 Å². The van der Waals surface area contributed by atoms with E-state index >= 15 is 0 Å². The normalized spacial score (nSPS) is 18.7. The highest BCUT2D eigenvalue weighted by atomic mass is 35.5. The fourth-order valence-corrected chi connectivity index (χ4v) is 5.53. The number of alkyl halides is 6. The number of hydrogen-bond donors (Lipinski definition) is 2. The van der Waals surface area contributed by atoms with E-state index in [0.717, 1.165) is 5.56 Å². The fourth-order valence-electron chi connectivity index (χ4n) is 5.26. The Balaban J connectivity index is 1.67.